The van der Waals surface area contributed by atoms with Crippen LogP contribution < -0.4 is 10.2 Å². The molecule has 0 bridgehead atoms. The highest BCUT2D eigenvalue weighted by Crippen LogP contribution is 2.35. The van der Waals surface area contributed by atoms with E-state index in [0.717, 1.165) is 17.1 Å². The van der Waals surface area contributed by atoms with E-state index >= 15 is 0 Å². The van der Waals surface area contributed by atoms with Crippen LogP contribution in [-0.4, -0.2) is 46.7 Å². The van der Waals surface area contributed by atoms with E-state index in [4.69, 9.17) is 4.74 Å². The number of carbonyl (C=O) groups is 1. The Labute approximate surface area is 203 Å². The fourth-order valence-corrected chi connectivity index (χ4v) is 5.66. The number of carbonyl (C=O) groups excluding carboxylic acids is 1. The van der Waals surface area contributed by atoms with E-state index in [2.05, 4.69) is 0 Å². The molecule has 0 radical (unpaired) electrons. The minimum atomic E-state index is -4.15. The molecule has 3 aromatic carbocycles. The topological polar surface area (TPSA) is 136 Å². The van der Waals surface area contributed by atoms with E-state index in [-0.39, 0.29) is 29.4 Å². The fourth-order valence-electron chi connectivity index (χ4n) is 4.09. The second kappa shape index (κ2) is 10.3. The van der Waals surface area contributed by atoms with Crippen LogP contribution in [0.5, 0.6) is 17.2 Å². The maximum Gasteiger partial charge on any atom is 0.262 e. The summed E-state index contributed by atoms with van der Waals surface area (Å²) in [6.45, 7) is 0.250. The first-order valence-electron chi connectivity index (χ1n) is 11.1. The normalized spacial score (nSPS) is 15.9. The third-order valence-corrected chi connectivity index (χ3v) is 7.82. The van der Waals surface area contributed by atoms with Gasteiger partial charge in [0.2, 0.25) is 10.0 Å². The Morgan fingerprint density at radius 2 is 1.66 bits per heavy atom. The molecule has 1 aliphatic rings. The van der Waals surface area contributed by atoms with Gasteiger partial charge in [0.1, 0.15) is 11.8 Å². The molecule has 0 saturated heterocycles. The summed E-state index contributed by atoms with van der Waals surface area (Å²) in [5.41, 5.74) is 3.68. The third-order valence-electron chi connectivity index (χ3n) is 5.95. The van der Waals surface area contributed by atoms with Crippen molar-refractivity contribution in [2.45, 2.75) is 36.7 Å². The van der Waals surface area contributed by atoms with Gasteiger partial charge >= 0.3 is 0 Å². The zero-order valence-corrected chi connectivity index (χ0v) is 19.6. The zero-order chi connectivity index (χ0) is 25.0. The van der Waals surface area contributed by atoms with Crippen LogP contribution in [-0.2, 0) is 34.2 Å². The molecule has 1 atom stereocenters. The van der Waals surface area contributed by atoms with E-state index in [1.54, 1.807) is 12.1 Å². The smallest absolute Gasteiger partial charge is 0.262 e. The van der Waals surface area contributed by atoms with Gasteiger partial charge in [0.25, 0.3) is 5.91 Å². The molecule has 10 heteroatoms. The maximum atomic E-state index is 13.4. The van der Waals surface area contributed by atoms with Crippen LogP contribution >= 0.6 is 0 Å². The SMILES string of the molecule is O=C(NO)[C@H]1Cc2cc(O)c(O)cc2CN1S(=O)(=O)c1ccc(OCCCc2ccccc2)cc1. The number of fused-ring (bicyclic) bond motifs is 1. The maximum absolute atomic E-state index is 13.4. The van der Waals surface area contributed by atoms with Crippen molar-refractivity contribution in [1.29, 1.82) is 0 Å². The zero-order valence-electron chi connectivity index (χ0n) is 18.8. The van der Waals surface area contributed by atoms with Gasteiger partial charge in [-0.2, -0.15) is 4.31 Å². The Bertz CT molecular complexity index is 1300. The first-order chi connectivity index (χ1) is 16.8. The molecule has 4 N–H and O–H groups in total. The lowest BCUT2D eigenvalue weighted by Gasteiger charge is -2.34. The minimum absolute atomic E-state index is 0.0451. The van der Waals surface area contributed by atoms with Crippen LogP contribution in [0.3, 0.4) is 0 Å². The molecule has 0 spiro atoms. The van der Waals surface area contributed by atoms with Gasteiger partial charge in [0, 0.05) is 6.54 Å². The lowest BCUT2D eigenvalue weighted by atomic mass is 9.95. The first-order valence-corrected chi connectivity index (χ1v) is 12.5. The standard InChI is InChI=1S/C25H26N2O7S/c28-23-14-18-13-22(25(30)26-31)27(16-19(18)15-24(23)29)35(32,33)21-10-8-20(9-11-21)34-12-4-7-17-5-2-1-3-6-17/h1-3,5-6,8-11,14-15,22,28-29,31H,4,7,12-13,16H2,(H,26,30)/t22-/m1/s1. The summed E-state index contributed by atoms with van der Waals surface area (Å²) in [6, 6.07) is 17.3. The average molecular weight is 499 g/mol. The third kappa shape index (κ3) is 5.40. The number of nitrogens with one attached hydrogen (secondary N) is 1. The number of nitrogens with zero attached hydrogens (tertiary/aromatic N) is 1. The van der Waals surface area contributed by atoms with Crippen LogP contribution in [0.4, 0.5) is 0 Å². The number of ether oxygens (including phenoxy) is 1. The second-order valence-electron chi connectivity index (χ2n) is 8.26. The van der Waals surface area contributed by atoms with Crippen molar-refractivity contribution in [2.24, 2.45) is 0 Å². The van der Waals surface area contributed by atoms with Gasteiger partial charge < -0.3 is 14.9 Å². The van der Waals surface area contributed by atoms with Crippen molar-refractivity contribution < 1.29 is 33.4 Å². The number of phenolic OH excluding ortho intramolecular Hbond substituents is 2. The molecule has 184 valence electrons. The quantitative estimate of drug-likeness (QED) is 0.162. The summed E-state index contributed by atoms with van der Waals surface area (Å²) >= 11 is 0. The lowest BCUT2D eigenvalue weighted by Crippen LogP contribution is -2.51. The highest BCUT2D eigenvalue weighted by Gasteiger charge is 2.40. The van der Waals surface area contributed by atoms with Crippen molar-refractivity contribution >= 4 is 15.9 Å². The van der Waals surface area contributed by atoms with E-state index < -0.39 is 22.0 Å². The summed E-state index contributed by atoms with van der Waals surface area (Å²) < 4.78 is 33.5. The highest BCUT2D eigenvalue weighted by molar-refractivity contribution is 7.89. The fraction of sp³-hybridized carbons (Fsp3) is 0.240. The Hall–Kier alpha value is -3.60. The Morgan fingerprint density at radius 1 is 1.00 bits per heavy atom. The second-order valence-corrected chi connectivity index (χ2v) is 10.2. The number of sulfonamides is 1. The first kappa shape index (κ1) is 24.5. The molecule has 35 heavy (non-hydrogen) atoms. The van der Waals surface area contributed by atoms with E-state index in [1.165, 1.54) is 35.3 Å². The molecule has 9 nitrogen and oxygen atoms in total. The highest BCUT2D eigenvalue weighted by atomic mass is 32.2. The molecule has 0 aliphatic carbocycles. The van der Waals surface area contributed by atoms with Gasteiger partial charge in [-0.25, -0.2) is 13.9 Å². The molecule has 1 amide bonds. The molecular formula is C25H26N2O7S. The Balaban J connectivity index is 1.48. The van der Waals surface area contributed by atoms with E-state index in [1.807, 2.05) is 30.3 Å². The predicted octanol–water partition coefficient (Wildman–Crippen LogP) is 2.73. The molecular weight excluding hydrogens is 472 g/mol. The summed E-state index contributed by atoms with van der Waals surface area (Å²) in [4.78, 5) is 12.3. The van der Waals surface area contributed by atoms with Crippen LogP contribution in [0.25, 0.3) is 0 Å². The van der Waals surface area contributed by atoms with Crippen LogP contribution in [0.1, 0.15) is 23.1 Å². The number of aromatic hydroxyl groups is 2. The van der Waals surface area contributed by atoms with Gasteiger partial charge in [-0.15, -0.1) is 0 Å². The largest absolute Gasteiger partial charge is 0.504 e. The van der Waals surface area contributed by atoms with Gasteiger partial charge in [-0.3, -0.25) is 10.0 Å². The number of benzene rings is 3. The summed E-state index contributed by atoms with van der Waals surface area (Å²) in [5.74, 6) is -1.14. The lowest BCUT2D eigenvalue weighted by molar-refractivity contribution is -0.133. The number of amides is 1. The number of hydrogen-bond donors (Lipinski definition) is 4. The monoisotopic (exact) mass is 498 g/mol. The number of phenols is 2. The average Bonchev–Trinajstić information content (AvgIpc) is 2.87. The minimum Gasteiger partial charge on any atom is -0.504 e. The Morgan fingerprint density at radius 3 is 2.31 bits per heavy atom. The van der Waals surface area contributed by atoms with Crippen molar-refractivity contribution in [1.82, 2.24) is 9.79 Å². The van der Waals surface area contributed by atoms with Gasteiger partial charge in [0.05, 0.1) is 11.5 Å². The number of hydroxylamine groups is 1. The molecule has 1 heterocycles. The van der Waals surface area contributed by atoms with Crippen LogP contribution in [0, 0.1) is 0 Å². The van der Waals surface area contributed by atoms with Gasteiger partial charge in [-0.05, 0) is 72.4 Å². The van der Waals surface area contributed by atoms with Crippen LogP contribution in [0.2, 0.25) is 0 Å². The van der Waals surface area contributed by atoms with Crippen LogP contribution in [0.15, 0.2) is 71.6 Å². The molecule has 0 saturated carbocycles. The predicted molar refractivity (Wildman–Crippen MR) is 127 cm³/mol. The van der Waals surface area contributed by atoms with E-state index in [9.17, 15) is 28.6 Å². The van der Waals surface area contributed by atoms with Crippen molar-refractivity contribution in [2.75, 3.05) is 6.61 Å². The number of rotatable bonds is 8. The molecule has 3 aromatic rings. The summed E-state index contributed by atoms with van der Waals surface area (Å²) in [6.07, 6.45) is 1.58. The number of hydrogen-bond acceptors (Lipinski definition) is 7. The van der Waals surface area contributed by atoms with Crippen molar-refractivity contribution in [3.63, 3.8) is 0 Å². The van der Waals surface area contributed by atoms with Crippen molar-refractivity contribution in [3.05, 3.63) is 83.4 Å². The molecule has 0 fully saturated rings. The Kier molecular flexibility index (Phi) is 7.25. The van der Waals surface area contributed by atoms with E-state index in [0.29, 0.717) is 23.5 Å². The number of aryl methyl sites for hydroxylation is 1. The van der Waals surface area contributed by atoms with Crippen molar-refractivity contribution in [3.8, 4) is 17.2 Å². The van der Waals surface area contributed by atoms with Gasteiger partial charge in [0.15, 0.2) is 11.5 Å². The molecule has 1 aliphatic heterocycles. The molecule has 0 unspecified atom stereocenters. The summed E-state index contributed by atoms with van der Waals surface area (Å²) in [7, 11) is -4.15. The molecule has 0 aromatic heterocycles. The molecule has 4 rings (SSSR count). The van der Waals surface area contributed by atoms with Gasteiger partial charge in [-0.1, -0.05) is 30.3 Å². The summed E-state index contributed by atoms with van der Waals surface area (Å²) in [5, 5.41) is 28.8.